The van der Waals surface area contributed by atoms with Crippen molar-refractivity contribution in [2.75, 3.05) is 20.2 Å². The van der Waals surface area contributed by atoms with Gasteiger partial charge in [0.15, 0.2) is 0 Å². The number of methoxy groups -OCH3 is 1. The number of benzene rings is 2. The summed E-state index contributed by atoms with van der Waals surface area (Å²) in [5.41, 5.74) is 1.78. The second kappa shape index (κ2) is 10.4. The molecule has 1 fully saturated rings. The third kappa shape index (κ3) is 5.95. The van der Waals surface area contributed by atoms with Crippen LogP contribution in [0.1, 0.15) is 37.3 Å². The zero-order valence-corrected chi connectivity index (χ0v) is 17.7. The van der Waals surface area contributed by atoms with E-state index in [2.05, 4.69) is 17.1 Å². The summed E-state index contributed by atoms with van der Waals surface area (Å²) in [5.74, 6) is 1.46. The Balaban J connectivity index is 1.50. The van der Waals surface area contributed by atoms with Gasteiger partial charge in [-0.05, 0) is 48.6 Å². The van der Waals surface area contributed by atoms with Crippen molar-refractivity contribution in [3.63, 3.8) is 0 Å². The molecule has 162 valence electrons. The molecule has 6 heteroatoms. The number of likely N-dealkylation sites (tertiary alicyclic amines) is 1. The van der Waals surface area contributed by atoms with Crippen molar-refractivity contribution in [2.45, 2.75) is 39.3 Å². The summed E-state index contributed by atoms with van der Waals surface area (Å²) in [5, 5.41) is 13.2. The van der Waals surface area contributed by atoms with Crippen LogP contribution < -0.4 is 10.1 Å². The molecule has 0 spiro atoms. The first-order valence-electron chi connectivity index (χ1n) is 10.6. The van der Waals surface area contributed by atoms with Crippen LogP contribution in [-0.2, 0) is 17.9 Å². The molecule has 2 atom stereocenters. The summed E-state index contributed by atoms with van der Waals surface area (Å²) in [4.78, 5) is 14.8. The highest BCUT2D eigenvalue weighted by atomic mass is 19.1. The Morgan fingerprint density at radius 1 is 1.23 bits per heavy atom. The lowest BCUT2D eigenvalue weighted by molar-refractivity contribution is -0.123. The van der Waals surface area contributed by atoms with E-state index in [9.17, 15) is 14.3 Å². The number of halogens is 1. The molecule has 0 unspecified atom stereocenters. The van der Waals surface area contributed by atoms with Crippen molar-refractivity contribution in [1.29, 1.82) is 0 Å². The number of ether oxygens (including phenoxy) is 1. The molecule has 3 rings (SSSR count). The smallest absolute Gasteiger partial charge is 0.220 e. The van der Waals surface area contributed by atoms with E-state index in [1.807, 2.05) is 12.1 Å². The van der Waals surface area contributed by atoms with E-state index < -0.39 is 0 Å². The molecule has 5 nitrogen and oxygen atoms in total. The summed E-state index contributed by atoms with van der Waals surface area (Å²) in [7, 11) is 1.58. The normalized spacial score (nSPS) is 19.4. The highest BCUT2D eigenvalue weighted by Gasteiger charge is 2.29. The highest BCUT2D eigenvalue weighted by molar-refractivity contribution is 5.76. The molecule has 2 aromatic rings. The predicted molar refractivity (Wildman–Crippen MR) is 115 cm³/mol. The second-order valence-corrected chi connectivity index (χ2v) is 8.05. The van der Waals surface area contributed by atoms with Crippen LogP contribution in [0.4, 0.5) is 4.39 Å². The molecule has 1 aliphatic rings. The molecule has 1 heterocycles. The number of hydrogen-bond acceptors (Lipinski definition) is 4. The molecule has 0 aromatic heterocycles. The number of carbonyl (C=O) groups excluding carboxylic acids is 1. The molecule has 2 N–H and O–H groups in total. The van der Waals surface area contributed by atoms with E-state index in [0.717, 1.165) is 37.1 Å². The van der Waals surface area contributed by atoms with Gasteiger partial charge in [-0.15, -0.1) is 0 Å². The fourth-order valence-electron chi connectivity index (χ4n) is 4.19. The fraction of sp³-hybridized carbons (Fsp3) is 0.458. The molecule has 0 bridgehead atoms. The van der Waals surface area contributed by atoms with Gasteiger partial charge in [-0.25, -0.2) is 4.39 Å². The fourth-order valence-corrected chi connectivity index (χ4v) is 4.19. The van der Waals surface area contributed by atoms with Crippen LogP contribution in [0.2, 0.25) is 0 Å². The van der Waals surface area contributed by atoms with Crippen LogP contribution in [0.3, 0.4) is 0 Å². The van der Waals surface area contributed by atoms with Gasteiger partial charge in [0.2, 0.25) is 5.91 Å². The Morgan fingerprint density at radius 3 is 2.67 bits per heavy atom. The maximum absolute atomic E-state index is 13.0. The van der Waals surface area contributed by atoms with Gasteiger partial charge in [-0.3, -0.25) is 9.69 Å². The van der Waals surface area contributed by atoms with Crippen molar-refractivity contribution >= 4 is 5.91 Å². The van der Waals surface area contributed by atoms with Crippen LogP contribution in [0.15, 0.2) is 42.5 Å². The lowest BCUT2D eigenvalue weighted by atomic mass is 9.81. The first kappa shape index (κ1) is 22.1. The molecule has 1 aliphatic heterocycles. The lowest BCUT2D eigenvalue weighted by Gasteiger charge is -2.38. The number of nitrogens with zero attached hydrogens (tertiary/aromatic N) is 1. The quantitative estimate of drug-likeness (QED) is 0.683. The van der Waals surface area contributed by atoms with Crippen molar-refractivity contribution in [1.82, 2.24) is 10.2 Å². The standard InChI is InChI=1S/C24H31FN2O3/c1-3-18-15-27(16-20-6-9-22(30-2)13-23(20)28)11-10-19(18)12-24(29)26-14-17-4-7-21(25)8-5-17/h4-9,13,18-19,28H,3,10-12,14-16H2,1-2H3,(H,26,29)/t18-,19+/m1/s1. The number of hydrogen-bond donors (Lipinski definition) is 2. The number of amides is 1. The Hall–Kier alpha value is -2.60. The third-order valence-corrected chi connectivity index (χ3v) is 6.04. The average molecular weight is 415 g/mol. The second-order valence-electron chi connectivity index (χ2n) is 8.05. The van der Waals surface area contributed by atoms with Crippen molar-refractivity contribution < 1.29 is 19.0 Å². The van der Waals surface area contributed by atoms with Gasteiger partial charge in [0, 0.05) is 37.7 Å². The summed E-state index contributed by atoms with van der Waals surface area (Å²) >= 11 is 0. The summed E-state index contributed by atoms with van der Waals surface area (Å²) in [6, 6.07) is 11.6. The highest BCUT2D eigenvalue weighted by Crippen LogP contribution is 2.31. The molecule has 30 heavy (non-hydrogen) atoms. The number of phenols is 1. The monoisotopic (exact) mass is 414 g/mol. The molecule has 2 aromatic carbocycles. The Kier molecular flexibility index (Phi) is 7.69. The van der Waals surface area contributed by atoms with E-state index in [1.165, 1.54) is 12.1 Å². The van der Waals surface area contributed by atoms with E-state index in [-0.39, 0.29) is 17.5 Å². The third-order valence-electron chi connectivity index (χ3n) is 6.04. The molecule has 0 radical (unpaired) electrons. The van der Waals surface area contributed by atoms with Crippen LogP contribution in [-0.4, -0.2) is 36.1 Å². The summed E-state index contributed by atoms with van der Waals surface area (Å²) in [6.45, 7) is 5.10. The van der Waals surface area contributed by atoms with E-state index >= 15 is 0 Å². The number of aromatic hydroxyl groups is 1. The van der Waals surface area contributed by atoms with Crippen LogP contribution in [0, 0.1) is 17.7 Å². The van der Waals surface area contributed by atoms with E-state index in [0.29, 0.717) is 37.1 Å². The van der Waals surface area contributed by atoms with Gasteiger partial charge in [-0.1, -0.05) is 31.5 Å². The Labute approximate surface area is 177 Å². The lowest BCUT2D eigenvalue weighted by Crippen LogP contribution is -2.41. The van der Waals surface area contributed by atoms with Crippen molar-refractivity contribution in [3.05, 3.63) is 59.4 Å². The summed E-state index contributed by atoms with van der Waals surface area (Å²) in [6.07, 6.45) is 2.49. The maximum Gasteiger partial charge on any atom is 0.220 e. The minimum absolute atomic E-state index is 0.0454. The van der Waals surface area contributed by atoms with Gasteiger partial charge in [-0.2, -0.15) is 0 Å². The number of phenolic OH excluding ortho intramolecular Hbond substituents is 1. The molecule has 0 saturated carbocycles. The van der Waals surface area contributed by atoms with Gasteiger partial charge in [0.25, 0.3) is 0 Å². The minimum Gasteiger partial charge on any atom is -0.507 e. The maximum atomic E-state index is 13.0. The molecular formula is C24H31FN2O3. The zero-order valence-electron chi connectivity index (χ0n) is 17.7. The Morgan fingerprint density at radius 2 is 2.00 bits per heavy atom. The zero-order chi connectivity index (χ0) is 21.5. The number of nitrogens with one attached hydrogen (secondary N) is 1. The van der Waals surface area contributed by atoms with Crippen molar-refractivity contribution in [2.24, 2.45) is 11.8 Å². The molecule has 0 aliphatic carbocycles. The van der Waals surface area contributed by atoms with Crippen molar-refractivity contribution in [3.8, 4) is 11.5 Å². The number of rotatable bonds is 8. The van der Waals surface area contributed by atoms with Gasteiger partial charge >= 0.3 is 0 Å². The SMILES string of the molecule is CC[C@@H]1CN(Cc2ccc(OC)cc2O)CC[C@H]1CC(=O)NCc1ccc(F)cc1. The number of carbonyl (C=O) groups is 1. The first-order valence-corrected chi connectivity index (χ1v) is 10.6. The van der Waals surface area contributed by atoms with Gasteiger partial charge in [0.05, 0.1) is 7.11 Å². The molecular weight excluding hydrogens is 383 g/mol. The largest absolute Gasteiger partial charge is 0.507 e. The van der Waals surface area contributed by atoms with Crippen LogP contribution in [0.25, 0.3) is 0 Å². The average Bonchev–Trinajstić information content (AvgIpc) is 2.75. The summed E-state index contributed by atoms with van der Waals surface area (Å²) < 4.78 is 18.1. The van der Waals surface area contributed by atoms with Crippen LogP contribution in [0.5, 0.6) is 11.5 Å². The Bertz CT molecular complexity index is 841. The van der Waals surface area contributed by atoms with Gasteiger partial charge < -0.3 is 15.2 Å². The molecule has 1 amide bonds. The number of piperidine rings is 1. The molecule has 1 saturated heterocycles. The minimum atomic E-state index is -0.273. The van der Waals surface area contributed by atoms with Crippen LogP contribution >= 0.6 is 0 Å². The van der Waals surface area contributed by atoms with E-state index in [1.54, 1.807) is 25.3 Å². The first-order chi connectivity index (χ1) is 14.5. The predicted octanol–water partition coefficient (Wildman–Crippen LogP) is 4.09. The van der Waals surface area contributed by atoms with Gasteiger partial charge in [0.1, 0.15) is 17.3 Å². The topological polar surface area (TPSA) is 61.8 Å². The van der Waals surface area contributed by atoms with E-state index in [4.69, 9.17) is 4.74 Å².